The summed E-state index contributed by atoms with van der Waals surface area (Å²) >= 11 is 0. The van der Waals surface area contributed by atoms with Crippen molar-refractivity contribution in [1.29, 1.82) is 0 Å². The fraction of sp³-hybridized carbons (Fsp3) is 0.400. The molecule has 6 heteroatoms. The fourth-order valence-corrected chi connectivity index (χ4v) is 5.35. The summed E-state index contributed by atoms with van der Waals surface area (Å²) in [7, 11) is 1.71. The summed E-state index contributed by atoms with van der Waals surface area (Å²) in [5.74, 6) is 2.43. The molecule has 2 aliphatic heterocycles. The Kier molecular flexibility index (Phi) is 5.82. The van der Waals surface area contributed by atoms with Gasteiger partial charge >= 0.3 is 6.09 Å². The van der Waals surface area contributed by atoms with Gasteiger partial charge in [-0.2, -0.15) is 0 Å². The van der Waals surface area contributed by atoms with E-state index in [4.69, 9.17) is 14.5 Å². The molecule has 6 nitrogen and oxygen atoms in total. The molecule has 1 aliphatic carbocycles. The quantitative estimate of drug-likeness (QED) is 0.398. The standard InChI is InChI=1S/C30H33N3O3/c1-19-6-4-7-23(16-19)29-20(2)33(30(34)36-29)18-26-24(11-13-28(31-26)32-14-5-15-32)25-17-22(21-8-9-21)10-12-27(25)35-3/h4,6-7,10-13,16-17,20-21,29H,5,8-9,14-15,18H2,1-3H3/t20-,29?/m0/s1. The Labute approximate surface area is 212 Å². The third-order valence-electron chi connectivity index (χ3n) is 7.78. The van der Waals surface area contributed by atoms with Gasteiger partial charge in [0.05, 0.1) is 25.4 Å². The van der Waals surface area contributed by atoms with Crippen LogP contribution in [0, 0.1) is 6.92 Å². The van der Waals surface area contributed by atoms with E-state index in [1.54, 1.807) is 7.11 Å². The van der Waals surface area contributed by atoms with Gasteiger partial charge in [-0.3, -0.25) is 4.90 Å². The van der Waals surface area contributed by atoms with Crippen molar-refractivity contribution in [3.05, 3.63) is 77.0 Å². The topological polar surface area (TPSA) is 54.9 Å². The number of pyridine rings is 1. The summed E-state index contributed by atoms with van der Waals surface area (Å²) in [6.07, 6.45) is 3.07. The lowest BCUT2D eigenvalue weighted by Gasteiger charge is -2.33. The zero-order valence-corrected chi connectivity index (χ0v) is 21.2. The minimum Gasteiger partial charge on any atom is -0.496 e. The molecule has 0 N–H and O–H groups in total. The number of hydrogen-bond donors (Lipinski definition) is 0. The third kappa shape index (κ3) is 4.19. The average molecular weight is 484 g/mol. The highest BCUT2D eigenvalue weighted by Gasteiger charge is 2.40. The van der Waals surface area contributed by atoms with Crippen LogP contribution in [0.25, 0.3) is 11.1 Å². The second-order valence-corrected chi connectivity index (χ2v) is 10.3. The van der Waals surface area contributed by atoms with Gasteiger partial charge in [0.1, 0.15) is 17.7 Å². The Balaban J connectivity index is 1.37. The molecule has 186 valence electrons. The van der Waals surface area contributed by atoms with E-state index >= 15 is 0 Å². The minimum atomic E-state index is -0.299. The molecule has 1 saturated carbocycles. The van der Waals surface area contributed by atoms with Crippen LogP contribution in [-0.4, -0.2) is 42.2 Å². The van der Waals surface area contributed by atoms with Crippen LogP contribution in [0.4, 0.5) is 10.6 Å². The second-order valence-electron chi connectivity index (χ2n) is 10.3. The maximum absolute atomic E-state index is 13.1. The van der Waals surface area contributed by atoms with Crippen molar-refractivity contribution in [3.8, 4) is 16.9 Å². The predicted octanol–water partition coefficient (Wildman–Crippen LogP) is 6.24. The van der Waals surface area contributed by atoms with Crippen LogP contribution in [0.1, 0.15) is 60.6 Å². The van der Waals surface area contributed by atoms with Gasteiger partial charge in [-0.1, -0.05) is 35.9 Å². The van der Waals surface area contributed by atoms with Crippen molar-refractivity contribution < 1.29 is 14.3 Å². The van der Waals surface area contributed by atoms with Gasteiger partial charge in [-0.15, -0.1) is 0 Å². The van der Waals surface area contributed by atoms with Gasteiger partial charge in [0.15, 0.2) is 0 Å². The maximum Gasteiger partial charge on any atom is 0.411 e. The van der Waals surface area contributed by atoms with Gasteiger partial charge in [0.2, 0.25) is 0 Å². The Bertz CT molecular complexity index is 1300. The number of amides is 1. The first-order chi connectivity index (χ1) is 17.5. The van der Waals surface area contributed by atoms with E-state index in [1.807, 2.05) is 17.0 Å². The summed E-state index contributed by atoms with van der Waals surface area (Å²) in [6.45, 7) is 6.54. The summed E-state index contributed by atoms with van der Waals surface area (Å²) in [6, 6.07) is 18.8. The first kappa shape index (κ1) is 22.9. The maximum atomic E-state index is 13.1. The molecule has 2 saturated heterocycles. The molecule has 3 aliphatic rings. The van der Waals surface area contributed by atoms with E-state index in [9.17, 15) is 4.79 Å². The molecule has 2 aromatic carbocycles. The number of ether oxygens (including phenoxy) is 2. The highest BCUT2D eigenvalue weighted by molar-refractivity contribution is 5.76. The Morgan fingerprint density at radius 2 is 1.86 bits per heavy atom. The molecule has 1 unspecified atom stereocenters. The molecular weight excluding hydrogens is 450 g/mol. The van der Waals surface area contributed by atoms with Crippen LogP contribution >= 0.6 is 0 Å². The number of aromatic nitrogens is 1. The third-order valence-corrected chi connectivity index (χ3v) is 7.78. The smallest absolute Gasteiger partial charge is 0.411 e. The number of cyclic esters (lactones) is 1. The lowest BCUT2D eigenvalue weighted by molar-refractivity contribution is 0.130. The van der Waals surface area contributed by atoms with Crippen LogP contribution < -0.4 is 9.64 Å². The van der Waals surface area contributed by atoms with Crippen LogP contribution in [-0.2, 0) is 11.3 Å². The lowest BCUT2D eigenvalue weighted by atomic mass is 9.97. The largest absolute Gasteiger partial charge is 0.496 e. The molecule has 0 radical (unpaired) electrons. The Morgan fingerprint density at radius 1 is 1.03 bits per heavy atom. The van der Waals surface area contributed by atoms with Gasteiger partial charge in [0, 0.05) is 24.2 Å². The summed E-state index contributed by atoms with van der Waals surface area (Å²) in [4.78, 5) is 22.3. The summed E-state index contributed by atoms with van der Waals surface area (Å²) < 4.78 is 11.7. The fourth-order valence-electron chi connectivity index (χ4n) is 5.35. The molecule has 0 spiro atoms. The van der Waals surface area contributed by atoms with Crippen molar-refractivity contribution in [1.82, 2.24) is 9.88 Å². The molecule has 1 amide bonds. The molecule has 3 heterocycles. The van der Waals surface area contributed by atoms with Crippen LogP contribution in [0.2, 0.25) is 0 Å². The highest BCUT2D eigenvalue weighted by Crippen LogP contribution is 2.44. The lowest BCUT2D eigenvalue weighted by Crippen LogP contribution is -2.38. The first-order valence-corrected chi connectivity index (χ1v) is 13.0. The van der Waals surface area contributed by atoms with Crippen LogP contribution in [0.15, 0.2) is 54.6 Å². The average Bonchev–Trinajstić information content (AvgIpc) is 3.66. The zero-order valence-electron chi connectivity index (χ0n) is 21.2. The summed E-state index contributed by atoms with van der Waals surface area (Å²) in [5, 5.41) is 0. The normalized spacial score (nSPS) is 21.4. The van der Waals surface area contributed by atoms with Crippen molar-refractivity contribution in [2.45, 2.75) is 57.7 Å². The number of aryl methyl sites for hydroxylation is 1. The molecule has 6 rings (SSSR count). The monoisotopic (exact) mass is 483 g/mol. The Hall–Kier alpha value is -3.54. The van der Waals surface area contributed by atoms with Crippen molar-refractivity contribution >= 4 is 11.9 Å². The number of carbonyl (C=O) groups excluding carboxylic acids is 1. The Morgan fingerprint density at radius 3 is 2.56 bits per heavy atom. The molecule has 1 aromatic heterocycles. The highest BCUT2D eigenvalue weighted by atomic mass is 16.6. The number of rotatable bonds is 7. The number of hydrogen-bond acceptors (Lipinski definition) is 5. The minimum absolute atomic E-state index is 0.110. The van der Waals surface area contributed by atoms with E-state index in [1.165, 1.54) is 24.8 Å². The first-order valence-electron chi connectivity index (χ1n) is 13.0. The predicted molar refractivity (Wildman–Crippen MR) is 140 cm³/mol. The van der Waals surface area contributed by atoms with Crippen molar-refractivity contribution in [2.24, 2.45) is 0 Å². The van der Waals surface area contributed by atoms with Crippen molar-refractivity contribution in [3.63, 3.8) is 0 Å². The number of benzene rings is 2. The molecule has 0 bridgehead atoms. The van der Waals surface area contributed by atoms with E-state index in [0.717, 1.165) is 52.6 Å². The summed E-state index contributed by atoms with van der Waals surface area (Å²) in [5.41, 5.74) is 6.45. The number of nitrogens with zero attached hydrogens (tertiary/aromatic N) is 3. The second kappa shape index (κ2) is 9.16. The zero-order chi connectivity index (χ0) is 24.8. The van der Waals surface area contributed by atoms with E-state index in [0.29, 0.717) is 12.5 Å². The van der Waals surface area contributed by atoms with E-state index in [-0.39, 0.29) is 18.2 Å². The van der Waals surface area contributed by atoms with Gasteiger partial charge in [-0.25, -0.2) is 9.78 Å². The SMILES string of the molecule is COc1ccc(C2CC2)cc1-c1ccc(N2CCC2)nc1CN1C(=O)OC(c2cccc(C)c2)[C@@H]1C. The molecule has 36 heavy (non-hydrogen) atoms. The van der Waals surface area contributed by atoms with Gasteiger partial charge in [-0.05, 0) is 74.4 Å². The number of anilines is 1. The molecule has 3 fully saturated rings. The van der Waals surface area contributed by atoms with Crippen LogP contribution in [0.5, 0.6) is 5.75 Å². The molecular formula is C30H33N3O3. The van der Waals surface area contributed by atoms with Crippen molar-refractivity contribution in [2.75, 3.05) is 25.1 Å². The number of carbonyl (C=O) groups is 1. The van der Waals surface area contributed by atoms with E-state index in [2.05, 4.69) is 61.2 Å². The van der Waals surface area contributed by atoms with Gasteiger partial charge < -0.3 is 14.4 Å². The van der Waals surface area contributed by atoms with E-state index < -0.39 is 0 Å². The van der Waals surface area contributed by atoms with Gasteiger partial charge in [0.25, 0.3) is 0 Å². The molecule has 3 aromatic rings. The number of methoxy groups -OCH3 is 1. The molecule has 2 atom stereocenters. The van der Waals surface area contributed by atoms with Crippen LogP contribution in [0.3, 0.4) is 0 Å².